The second-order valence-electron chi connectivity index (χ2n) is 7.43. The van der Waals surface area contributed by atoms with Crippen LogP contribution in [0.25, 0.3) is 22.4 Å². The van der Waals surface area contributed by atoms with Crippen LogP contribution in [0.5, 0.6) is 0 Å². The molecule has 4 aromatic rings. The number of aromatic amines is 1. The first-order chi connectivity index (χ1) is 14.3. The maximum atomic E-state index is 4.18. The van der Waals surface area contributed by atoms with Crippen LogP contribution in [0.1, 0.15) is 31.2 Å². The molecule has 0 radical (unpaired) electrons. The minimum atomic E-state index is 0.931. The third-order valence-electron chi connectivity index (χ3n) is 5.37. The summed E-state index contributed by atoms with van der Waals surface area (Å²) in [5.41, 5.74) is 7.65. The predicted octanol–water partition coefficient (Wildman–Crippen LogP) is 5.62. The number of aromatic nitrogens is 3. The van der Waals surface area contributed by atoms with Crippen LogP contribution in [-0.2, 0) is 19.4 Å². The van der Waals surface area contributed by atoms with Crippen LogP contribution in [0.4, 0.5) is 0 Å². The SMILES string of the molecule is CCCCc1cc(-c2ccccc2)cc(-c2ccccc2)[n+]1CCc1cnc[nH]1. The lowest BCUT2D eigenvalue weighted by Crippen LogP contribution is -2.42. The highest BCUT2D eigenvalue weighted by molar-refractivity contribution is 5.69. The first-order valence-electron chi connectivity index (χ1n) is 10.5. The molecule has 0 fully saturated rings. The lowest BCUT2D eigenvalue weighted by molar-refractivity contribution is -0.693. The van der Waals surface area contributed by atoms with Crippen molar-refractivity contribution in [2.24, 2.45) is 0 Å². The number of unbranched alkanes of at least 4 members (excludes halogenated alkanes) is 1. The molecular weight excluding hydrogens is 354 g/mol. The van der Waals surface area contributed by atoms with Crippen molar-refractivity contribution in [1.82, 2.24) is 9.97 Å². The Morgan fingerprint density at radius 3 is 2.21 bits per heavy atom. The zero-order chi connectivity index (χ0) is 19.9. The molecule has 0 saturated carbocycles. The van der Waals surface area contributed by atoms with Crippen LogP contribution in [-0.4, -0.2) is 9.97 Å². The van der Waals surface area contributed by atoms with E-state index in [1.165, 1.54) is 46.6 Å². The van der Waals surface area contributed by atoms with Gasteiger partial charge in [-0.3, -0.25) is 0 Å². The first kappa shape index (κ1) is 19.1. The Morgan fingerprint density at radius 2 is 1.55 bits per heavy atom. The van der Waals surface area contributed by atoms with E-state index in [0.717, 1.165) is 19.4 Å². The fourth-order valence-corrected chi connectivity index (χ4v) is 3.81. The summed E-state index contributed by atoms with van der Waals surface area (Å²) in [7, 11) is 0. The van der Waals surface area contributed by atoms with Crippen LogP contribution in [0.2, 0.25) is 0 Å². The summed E-state index contributed by atoms with van der Waals surface area (Å²) in [5, 5.41) is 0. The Balaban J connectivity index is 1.83. The molecule has 0 amide bonds. The Bertz CT molecular complexity index is 1020. The highest BCUT2D eigenvalue weighted by Gasteiger charge is 2.21. The Morgan fingerprint density at radius 1 is 0.828 bits per heavy atom. The van der Waals surface area contributed by atoms with Crippen molar-refractivity contribution >= 4 is 0 Å². The number of benzene rings is 2. The number of imidazole rings is 1. The van der Waals surface area contributed by atoms with Crippen molar-refractivity contribution < 1.29 is 4.57 Å². The molecule has 146 valence electrons. The number of aryl methyl sites for hydroxylation is 2. The van der Waals surface area contributed by atoms with Crippen molar-refractivity contribution in [1.29, 1.82) is 0 Å². The number of nitrogens with one attached hydrogen (secondary N) is 1. The van der Waals surface area contributed by atoms with E-state index in [-0.39, 0.29) is 0 Å². The van der Waals surface area contributed by atoms with Crippen LogP contribution in [0.3, 0.4) is 0 Å². The van der Waals surface area contributed by atoms with Gasteiger partial charge < -0.3 is 4.98 Å². The molecule has 2 aromatic carbocycles. The highest BCUT2D eigenvalue weighted by atomic mass is 15.0. The summed E-state index contributed by atoms with van der Waals surface area (Å²) in [6, 6.07) is 26.2. The lowest BCUT2D eigenvalue weighted by Gasteiger charge is -2.12. The molecule has 3 nitrogen and oxygen atoms in total. The molecule has 2 heterocycles. The monoisotopic (exact) mass is 382 g/mol. The second-order valence-corrected chi connectivity index (χ2v) is 7.43. The Hall–Kier alpha value is -3.20. The molecule has 29 heavy (non-hydrogen) atoms. The topological polar surface area (TPSA) is 32.6 Å². The number of pyridine rings is 1. The van der Waals surface area contributed by atoms with Gasteiger partial charge in [0.1, 0.15) is 0 Å². The van der Waals surface area contributed by atoms with E-state index >= 15 is 0 Å². The molecule has 0 unspecified atom stereocenters. The number of nitrogens with zero attached hydrogens (tertiary/aromatic N) is 2. The number of hydrogen-bond donors (Lipinski definition) is 1. The van der Waals surface area contributed by atoms with E-state index in [0.29, 0.717) is 0 Å². The minimum absolute atomic E-state index is 0.931. The van der Waals surface area contributed by atoms with E-state index < -0.39 is 0 Å². The molecule has 3 heteroatoms. The van der Waals surface area contributed by atoms with Gasteiger partial charge in [0.2, 0.25) is 5.69 Å². The minimum Gasteiger partial charge on any atom is -0.348 e. The van der Waals surface area contributed by atoms with Gasteiger partial charge in [-0.15, -0.1) is 0 Å². The first-order valence-corrected chi connectivity index (χ1v) is 10.5. The van der Waals surface area contributed by atoms with Gasteiger partial charge in [-0.25, -0.2) is 4.98 Å². The predicted molar refractivity (Wildman–Crippen MR) is 118 cm³/mol. The molecule has 0 aliphatic heterocycles. The van der Waals surface area contributed by atoms with Crippen molar-refractivity contribution in [3.05, 3.63) is 96.7 Å². The van der Waals surface area contributed by atoms with Crippen molar-refractivity contribution in [2.75, 3.05) is 0 Å². The van der Waals surface area contributed by atoms with Gasteiger partial charge >= 0.3 is 0 Å². The molecule has 0 bridgehead atoms. The Kier molecular flexibility index (Phi) is 6.16. The van der Waals surface area contributed by atoms with Crippen LogP contribution in [0, 0.1) is 0 Å². The summed E-state index contributed by atoms with van der Waals surface area (Å²) in [4.78, 5) is 7.42. The smallest absolute Gasteiger partial charge is 0.213 e. The number of rotatable bonds is 8. The van der Waals surface area contributed by atoms with E-state index in [4.69, 9.17) is 0 Å². The second kappa shape index (κ2) is 9.33. The van der Waals surface area contributed by atoms with Gasteiger partial charge in [0.25, 0.3) is 0 Å². The molecule has 0 spiro atoms. The number of H-pyrrole nitrogens is 1. The quantitative estimate of drug-likeness (QED) is 0.394. The third kappa shape index (κ3) is 4.62. The molecule has 0 atom stereocenters. The average Bonchev–Trinajstić information content (AvgIpc) is 3.31. The summed E-state index contributed by atoms with van der Waals surface area (Å²) in [6.45, 7) is 3.19. The van der Waals surface area contributed by atoms with Gasteiger partial charge in [0.15, 0.2) is 12.2 Å². The molecular formula is C26H28N3+. The van der Waals surface area contributed by atoms with E-state index in [1.807, 2.05) is 6.20 Å². The van der Waals surface area contributed by atoms with E-state index in [2.05, 4.69) is 94.3 Å². The molecule has 1 N–H and O–H groups in total. The molecule has 2 aromatic heterocycles. The maximum Gasteiger partial charge on any atom is 0.213 e. The Labute approximate surface area is 173 Å². The van der Waals surface area contributed by atoms with Crippen molar-refractivity contribution in [3.63, 3.8) is 0 Å². The third-order valence-corrected chi connectivity index (χ3v) is 5.37. The normalized spacial score (nSPS) is 10.9. The summed E-state index contributed by atoms with van der Waals surface area (Å²) < 4.78 is 2.50. The largest absolute Gasteiger partial charge is 0.348 e. The maximum absolute atomic E-state index is 4.18. The van der Waals surface area contributed by atoms with Gasteiger partial charge in [0, 0.05) is 42.4 Å². The molecule has 0 aliphatic carbocycles. The summed E-state index contributed by atoms with van der Waals surface area (Å²) in [5.74, 6) is 0. The van der Waals surface area contributed by atoms with Gasteiger partial charge in [-0.05, 0) is 29.7 Å². The highest BCUT2D eigenvalue weighted by Crippen LogP contribution is 2.26. The van der Waals surface area contributed by atoms with Gasteiger partial charge in [-0.2, -0.15) is 4.57 Å². The van der Waals surface area contributed by atoms with Crippen molar-refractivity contribution in [3.8, 4) is 22.4 Å². The lowest BCUT2D eigenvalue weighted by atomic mass is 9.99. The standard InChI is InChI=1S/C26H28N3/c1-2-3-14-25-17-23(21-10-6-4-7-11-21)18-26(22-12-8-5-9-13-22)29(25)16-15-24-19-27-20-28-24/h4-13,17-20H,2-3,14-16H2,1H3,(H,27,28)/q+1. The van der Waals surface area contributed by atoms with Crippen molar-refractivity contribution in [2.45, 2.75) is 39.2 Å². The summed E-state index contributed by atoms with van der Waals surface area (Å²) in [6.07, 6.45) is 8.09. The van der Waals surface area contributed by atoms with Crippen LogP contribution in [0.15, 0.2) is 85.3 Å². The number of hydrogen-bond acceptors (Lipinski definition) is 1. The zero-order valence-electron chi connectivity index (χ0n) is 17.0. The fourth-order valence-electron chi connectivity index (χ4n) is 3.81. The molecule has 0 saturated heterocycles. The van der Waals surface area contributed by atoms with Gasteiger partial charge in [0.05, 0.1) is 6.33 Å². The molecule has 4 rings (SSSR count). The van der Waals surface area contributed by atoms with Gasteiger partial charge in [-0.1, -0.05) is 61.9 Å². The average molecular weight is 383 g/mol. The molecule has 0 aliphatic rings. The fraction of sp³-hybridized carbons (Fsp3) is 0.231. The summed E-state index contributed by atoms with van der Waals surface area (Å²) >= 11 is 0. The zero-order valence-corrected chi connectivity index (χ0v) is 17.0. The van der Waals surface area contributed by atoms with Crippen LogP contribution >= 0.6 is 0 Å². The van der Waals surface area contributed by atoms with E-state index in [9.17, 15) is 0 Å². The van der Waals surface area contributed by atoms with Crippen LogP contribution < -0.4 is 4.57 Å². The van der Waals surface area contributed by atoms with E-state index in [1.54, 1.807) is 6.33 Å².